The predicted octanol–water partition coefficient (Wildman–Crippen LogP) is 1.31. The lowest BCUT2D eigenvalue weighted by Crippen LogP contribution is -2.51. The molecule has 8 heteroatoms. The van der Waals surface area contributed by atoms with Crippen molar-refractivity contribution in [3.8, 4) is 0 Å². The lowest BCUT2D eigenvalue weighted by atomic mass is 10.0. The Morgan fingerprint density at radius 2 is 1.96 bits per heavy atom. The van der Waals surface area contributed by atoms with Gasteiger partial charge in [0.05, 0.1) is 5.52 Å². The van der Waals surface area contributed by atoms with Gasteiger partial charge in [0.25, 0.3) is 5.91 Å². The number of halogens is 1. The summed E-state index contributed by atoms with van der Waals surface area (Å²) in [6.45, 7) is 3.55. The number of amides is 2. The molecular weight excluding hydrogens is 342 g/mol. The van der Waals surface area contributed by atoms with E-state index in [1.54, 1.807) is 11.8 Å². The van der Waals surface area contributed by atoms with Crippen molar-refractivity contribution in [2.24, 2.45) is 0 Å². The Bertz CT molecular complexity index is 741. The maximum absolute atomic E-state index is 12.6. The molecule has 2 heterocycles. The molecule has 1 aromatic carbocycles. The van der Waals surface area contributed by atoms with Crippen molar-refractivity contribution in [3.63, 3.8) is 0 Å². The Kier molecular flexibility index (Phi) is 6.39. The quantitative estimate of drug-likeness (QED) is 0.762. The van der Waals surface area contributed by atoms with Crippen molar-refractivity contribution >= 4 is 35.1 Å². The Morgan fingerprint density at radius 1 is 1.28 bits per heavy atom. The van der Waals surface area contributed by atoms with E-state index >= 15 is 0 Å². The fraction of sp³-hybridized carbons (Fsp3) is 0.471. The zero-order chi connectivity index (χ0) is 17.1. The third-order valence-electron chi connectivity index (χ3n) is 4.61. The van der Waals surface area contributed by atoms with Crippen molar-refractivity contribution in [2.45, 2.75) is 31.8 Å². The largest absolute Gasteiger partial charge is 0.341 e. The number of H-pyrrole nitrogens is 1. The molecule has 1 unspecified atom stereocenters. The fourth-order valence-electron chi connectivity index (χ4n) is 3.14. The van der Waals surface area contributed by atoms with Crippen LogP contribution in [0.1, 0.15) is 30.3 Å². The summed E-state index contributed by atoms with van der Waals surface area (Å²) in [5, 5.41) is 13.7. The first-order valence-corrected chi connectivity index (χ1v) is 8.29. The summed E-state index contributed by atoms with van der Waals surface area (Å²) in [7, 11) is 1.81. The molecule has 1 atom stereocenters. The Morgan fingerprint density at radius 3 is 2.68 bits per heavy atom. The van der Waals surface area contributed by atoms with Gasteiger partial charge in [-0.2, -0.15) is 5.10 Å². The van der Waals surface area contributed by atoms with Crippen LogP contribution in [0.5, 0.6) is 0 Å². The Hall–Kier alpha value is -2.12. The van der Waals surface area contributed by atoms with Crippen LogP contribution in [0, 0.1) is 0 Å². The molecule has 25 heavy (non-hydrogen) atoms. The number of rotatable bonds is 4. The zero-order valence-electron chi connectivity index (χ0n) is 14.4. The van der Waals surface area contributed by atoms with E-state index in [1.807, 2.05) is 31.3 Å². The number of aromatic nitrogens is 2. The van der Waals surface area contributed by atoms with Gasteiger partial charge in [0.2, 0.25) is 5.91 Å². The van der Waals surface area contributed by atoms with Crippen molar-refractivity contribution in [2.75, 3.05) is 20.1 Å². The van der Waals surface area contributed by atoms with Gasteiger partial charge in [0.1, 0.15) is 6.04 Å². The number of piperidine rings is 1. The van der Waals surface area contributed by atoms with Crippen molar-refractivity contribution in [1.29, 1.82) is 0 Å². The Balaban J connectivity index is 0.00000225. The molecule has 0 aliphatic carbocycles. The molecule has 1 saturated heterocycles. The van der Waals surface area contributed by atoms with Crippen LogP contribution in [0.15, 0.2) is 24.3 Å². The highest BCUT2D eigenvalue weighted by molar-refractivity contribution is 6.05. The van der Waals surface area contributed by atoms with Crippen LogP contribution in [-0.2, 0) is 4.79 Å². The number of para-hydroxylation sites is 1. The average molecular weight is 366 g/mol. The first-order chi connectivity index (χ1) is 11.6. The standard InChI is InChI=1S/C17H23N5O2.ClH/c1-11(17(24)22(2)12-7-9-18-10-8-12)19-16(23)15-13-5-3-4-6-14(13)20-21-15;/h3-6,11-12,18H,7-10H2,1-2H3,(H,19,23)(H,20,21);1H. The molecule has 1 fully saturated rings. The number of nitrogens with zero attached hydrogens (tertiary/aromatic N) is 2. The summed E-state index contributed by atoms with van der Waals surface area (Å²) in [5.74, 6) is -0.415. The average Bonchev–Trinajstić information content (AvgIpc) is 3.05. The maximum Gasteiger partial charge on any atom is 0.273 e. The van der Waals surface area contributed by atoms with E-state index in [0.717, 1.165) is 36.8 Å². The molecule has 7 nitrogen and oxygen atoms in total. The van der Waals surface area contributed by atoms with Crippen LogP contribution >= 0.6 is 12.4 Å². The predicted molar refractivity (Wildman–Crippen MR) is 98.9 cm³/mol. The van der Waals surface area contributed by atoms with E-state index in [4.69, 9.17) is 0 Å². The monoisotopic (exact) mass is 365 g/mol. The van der Waals surface area contributed by atoms with Gasteiger partial charge >= 0.3 is 0 Å². The van der Waals surface area contributed by atoms with Gasteiger partial charge in [-0.25, -0.2) is 0 Å². The normalized spacial score (nSPS) is 16.1. The molecule has 0 spiro atoms. The number of likely N-dealkylation sites (N-methyl/N-ethyl adjacent to an activating group) is 1. The topological polar surface area (TPSA) is 90.1 Å². The summed E-state index contributed by atoms with van der Waals surface area (Å²) in [5.41, 5.74) is 1.11. The first kappa shape index (κ1) is 19.2. The number of aromatic amines is 1. The number of hydrogen-bond donors (Lipinski definition) is 3. The van der Waals surface area contributed by atoms with Gasteiger partial charge in [-0.15, -0.1) is 12.4 Å². The number of fused-ring (bicyclic) bond motifs is 1. The van der Waals surface area contributed by atoms with Gasteiger partial charge < -0.3 is 15.5 Å². The van der Waals surface area contributed by atoms with Crippen LogP contribution in [0.2, 0.25) is 0 Å². The second-order valence-electron chi connectivity index (χ2n) is 6.24. The van der Waals surface area contributed by atoms with Gasteiger partial charge in [0, 0.05) is 18.5 Å². The smallest absolute Gasteiger partial charge is 0.273 e. The molecule has 2 amide bonds. The second-order valence-corrected chi connectivity index (χ2v) is 6.24. The minimum atomic E-state index is -0.590. The Labute approximate surface area is 152 Å². The van der Waals surface area contributed by atoms with E-state index in [2.05, 4.69) is 20.8 Å². The van der Waals surface area contributed by atoms with E-state index in [0.29, 0.717) is 5.69 Å². The summed E-state index contributed by atoms with van der Waals surface area (Å²) in [4.78, 5) is 26.8. The summed E-state index contributed by atoms with van der Waals surface area (Å²) in [6, 6.07) is 7.06. The number of nitrogens with one attached hydrogen (secondary N) is 3. The van der Waals surface area contributed by atoms with Gasteiger partial charge in [-0.05, 0) is 38.9 Å². The van der Waals surface area contributed by atoms with Gasteiger partial charge in [-0.3, -0.25) is 14.7 Å². The number of carbonyl (C=O) groups is 2. The molecule has 1 aromatic heterocycles. The fourth-order valence-corrected chi connectivity index (χ4v) is 3.14. The van der Waals surface area contributed by atoms with Gasteiger partial charge in [-0.1, -0.05) is 18.2 Å². The first-order valence-electron chi connectivity index (χ1n) is 8.29. The zero-order valence-corrected chi connectivity index (χ0v) is 15.2. The lowest BCUT2D eigenvalue weighted by molar-refractivity contribution is -0.134. The summed E-state index contributed by atoms with van der Waals surface area (Å²) >= 11 is 0. The maximum atomic E-state index is 12.6. The third kappa shape index (κ3) is 4.11. The van der Waals surface area contributed by atoms with Crippen molar-refractivity contribution in [3.05, 3.63) is 30.0 Å². The van der Waals surface area contributed by atoms with E-state index in [1.165, 1.54) is 0 Å². The lowest BCUT2D eigenvalue weighted by Gasteiger charge is -2.33. The van der Waals surface area contributed by atoms with Crippen molar-refractivity contribution < 1.29 is 9.59 Å². The third-order valence-corrected chi connectivity index (χ3v) is 4.61. The minimum absolute atomic E-state index is 0. The van der Waals surface area contributed by atoms with Crippen LogP contribution in [0.3, 0.4) is 0 Å². The number of hydrogen-bond acceptors (Lipinski definition) is 4. The summed E-state index contributed by atoms with van der Waals surface area (Å²) in [6.07, 6.45) is 1.87. The molecule has 3 rings (SSSR count). The molecule has 0 radical (unpaired) electrons. The molecular formula is C17H24ClN5O2. The van der Waals surface area contributed by atoms with Crippen LogP contribution < -0.4 is 10.6 Å². The van der Waals surface area contributed by atoms with Gasteiger partial charge in [0.15, 0.2) is 5.69 Å². The molecule has 1 aliphatic heterocycles. The van der Waals surface area contributed by atoms with Crippen molar-refractivity contribution in [1.82, 2.24) is 25.7 Å². The second kappa shape index (κ2) is 8.31. The van der Waals surface area contributed by atoms with E-state index in [9.17, 15) is 9.59 Å². The van der Waals surface area contributed by atoms with Crippen LogP contribution in [0.4, 0.5) is 0 Å². The highest BCUT2D eigenvalue weighted by atomic mass is 35.5. The van der Waals surface area contributed by atoms with Crippen LogP contribution in [-0.4, -0.2) is 59.1 Å². The number of benzene rings is 1. The van der Waals surface area contributed by atoms with E-state index in [-0.39, 0.29) is 30.3 Å². The molecule has 1 aliphatic rings. The molecule has 136 valence electrons. The summed E-state index contributed by atoms with van der Waals surface area (Å²) < 4.78 is 0. The molecule has 2 aromatic rings. The minimum Gasteiger partial charge on any atom is -0.341 e. The molecule has 0 saturated carbocycles. The SMILES string of the molecule is CC(NC(=O)c1n[nH]c2ccccc12)C(=O)N(C)C1CCNCC1.Cl. The highest BCUT2D eigenvalue weighted by Gasteiger charge is 2.27. The van der Waals surface area contributed by atoms with Crippen LogP contribution in [0.25, 0.3) is 10.9 Å². The molecule has 3 N–H and O–H groups in total. The molecule has 0 bridgehead atoms. The van der Waals surface area contributed by atoms with E-state index < -0.39 is 6.04 Å². The number of carbonyl (C=O) groups excluding carboxylic acids is 2. The highest BCUT2D eigenvalue weighted by Crippen LogP contribution is 2.15.